The third kappa shape index (κ3) is 3.79. The van der Waals surface area contributed by atoms with Crippen LogP contribution in [0.4, 0.5) is 4.39 Å². The van der Waals surface area contributed by atoms with Crippen LogP contribution in [0.5, 0.6) is 0 Å². The lowest BCUT2D eigenvalue weighted by Crippen LogP contribution is -2.48. The van der Waals surface area contributed by atoms with Crippen LogP contribution in [0.25, 0.3) is 0 Å². The number of rotatable bonds is 5. The molecule has 0 amide bonds. The fraction of sp³-hybridized carbons (Fsp3) is 0.417. The Morgan fingerprint density at radius 2 is 2.00 bits per heavy atom. The molecular weight excluding hydrogens is 223 g/mol. The van der Waals surface area contributed by atoms with Gasteiger partial charge in [0.05, 0.1) is 30.4 Å². The fourth-order valence-corrected chi connectivity index (χ4v) is 1.29. The first-order valence-corrected chi connectivity index (χ1v) is 5.19. The van der Waals surface area contributed by atoms with E-state index >= 15 is 0 Å². The molecule has 0 saturated heterocycles. The molecule has 17 heavy (non-hydrogen) atoms. The molecule has 0 aliphatic rings. The number of hydrogen-bond donors (Lipinski definition) is 3. The van der Waals surface area contributed by atoms with E-state index in [1.165, 1.54) is 6.07 Å². The Morgan fingerprint density at radius 3 is 2.53 bits per heavy atom. The molecule has 4 nitrogen and oxygen atoms in total. The van der Waals surface area contributed by atoms with Crippen molar-refractivity contribution in [3.63, 3.8) is 0 Å². The highest BCUT2D eigenvalue weighted by atomic mass is 19.1. The summed E-state index contributed by atoms with van der Waals surface area (Å²) in [5, 5.41) is 29.7. The molecule has 0 fully saturated rings. The van der Waals surface area contributed by atoms with Gasteiger partial charge in [0.15, 0.2) is 0 Å². The lowest BCUT2D eigenvalue weighted by Gasteiger charge is -2.26. The summed E-state index contributed by atoms with van der Waals surface area (Å²) in [6.45, 7) is 1.45. The first kappa shape index (κ1) is 13.6. The Bertz CT molecular complexity index is 425. The minimum Gasteiger partial charge on any atom is -0.394 e. The maximum atomic E-state index is 13.1. The van der Waals surface area contributed by atoms with Gasteiger partial charge in [-0.3, -0.25) is 0 Å². The topological polar surface area (TPSA) is 76.3 Å². The van der Waals surface area contributed by atoms with Crippen molar-refractivity contribution in [2.24, 2.45) is 0 Å². The Labute approximate surface area is 99.3 Å². The Balaban J connectivity index is 2.76. The van der Waals surface area contributed by atoms with Crippen molar-refractivity contribution in [2.45, 2.75) is 19.0 Å². The molecule has 92 valence electrons. The molecule has 0 radical (unpaired) electrons. The van der Waals surface area contributed by atoms with Crippen LogP contribution in [0.2, 0.25) is 0 Å². The maximum absolute atomic E-state index is 13.1. The van der Waals surface area contributed by atoms with Crippen molar-refractivity contribution in [1.29, 1.82) is 5.26 Å². The van der Waals surface area contributed by atoms with Gasteiger partial charge in [0, 0.05) is 6.54 Å². The van der Waals surface area contributed by atoms with Crippen molar-refractivity contribution < 1.29 is 14.6 Å². The summed E-state index contributed by atoms with van der Waals surface area (Å²) in [6, 6.07) is 5.89. The first-order valence-electron chi connectivity index (χ1n) is 5.19. The summed E-state index contributed by atoms with van der Waals surface area (Å²) in [5.74, 6) is -0.476. The van der Waals surface area contributed by atoms with E-state index in [4.69, 9.17) is 15.5 Å². The van der Waals surface area contributed by atoms with Gasteiger partial charge in [-0.05, 0) is 30.7 Å². The number of benzene rings is 1. The average Bonchev–Trinajstić information content (AvgIpc) is 2.35. The molecule has 1 rings (SSSR count). The molecule has 5 heteroatoms. The fourth-order valence-electron chi connectivity index (χ4n) is 1.29. The van der Waals surface area contributed by atoms with Crippen LogP contribution in [0, 0.1) is 17.1 Å². The molecule has 0 saturated carbocycles. The van der Waals surface area contributed by atoms with Gasteiger partial charge in [0.2, 0.25) is 0 Å². The lowest BCUT2D eigenvalue weighted by atomic mass is 10.0. The van der Waals surface area contributed by atoms with Crippen molar-refractivity contribution in [3.05, 3.63) is 35.1 Å². The van der Waals surface area contributed by atoms with Crippen molar-refractivity contribution in [1.82, 2.24) is 5.32 Å². The number of hydrogen-bond acceptors (Lipinski definition) is 4. The molecular formula is C12H15FN2O2. The molecule has 0 spiro atoms. The quantitative estimate of drug-likeness (QED) is 0.699. The highest BCUT2D eigenvalue weighted by Crippen LogP contribution is 2.10. The molecule has 0 unspecified atom stereocenters. The number of halogens is 1. The van der Waals surface area contributed by atoms with E-state index in [1.807, 2.05) is 6.07 Å². The zero-order chi connectivity index (χ0) is 12.9. The standard InChI is InChI=1S/C12H15FN2O2/c1-12(7-16,8-17)15-6-10-2-9(5-14)3-11(13)4-10/h2-4,15-17H,6-8H2,1H3. The van der Waals surface area contributed by atoms with E-state index in [9.17, 15) is 4.39 Å². The highest BCUT2D eigenvalue weighted by molar-refractivity contribution is 5.33. The monoisotopic (exact) mass is 238 g/mol. The average molecular weight is 238 g/mol. The number of aliphatic hydroxyl groups is 2. The predicted molar refractivity (Wildman–Crippen MR) is 60.5 cm³/mol. The van der Waals surface area contributed by atoms with E-state index in [0.29, 0.717) is 5.56 Å². The van der Waals surface area contributed by atoms with E-state index < -0.39 is 11.4 Å². The number of aliphatic hydroxyl groups excluding tert-OH is 2. The van der Waals surface area contributed by atoms with E-state index in [0.717, 1.165) is 6.07 Å². The summed E-state index contributed by atoms with van der Waals surface area (Å²) in [7, 11) is 0. The zero-order valence-electron chi connectivity index (χ0n) is 9.57. The van der Waals surface area contributed by atoms with Crippen LogP contribution < -0.4 is 5.32 Å². The van der Waals surface area contributed by atoms with Gasteiger partial charge in [-0.2, -0.15) is 5.26 Å². The Morgan fingerprint density at radius 1 is 1.35 bits per heavy atom. The molecule has 1 aromatic rings. The number of nitriles is 1. The van der Waals surface area contributed by atoms with E-state index in [1.54, 1.807) is 13.0 Å². The van der Waals surface area contributed by atoms with Crippen LogP contribution >= 0.6 is 0 Å². The molecule has 0 bridgehead atoms. The van der Waals surface area contributed by atoms with Gasteiger partial charge in [-0.25, -0.2) is 4.39 Å². The lowest BCUT2D eigenvalue weighted by molar-refractivity contribution is 0.103. The zero-order valence-corrected chi connectivity index (χ0v) is 9.57. The molecule has 0 heterocycles. The molecule has 0 aliphatic carbocycles. The van der Waals surface area contributed by atoms with Crippen molar-refractivity contribution >= 4 is 0 Å². The SMILES string of the molecule is CC(CO)(CO)NCc1cc(F)cc(C#N)c1. The summed E-state index contributed by atoms with van der Waals surface area (Å²) in [4.78, 5) is 0. The van der Waals surface area contributed by atoms with Crippen LogP contribution in [0.1, 0.15) is 18.1 Å². The van der Waals surface area contributed by atoms with E-state index in [-0.39, 0.29) is 25.3 Å². The molecule has 3 N–H and O–H groups in total. The third-order valence-corrected chi connectivity index (χ3v) is 2.50. The molecule has 0 atom stereocenters. The second-order valence-corrected chi connectivity index (χ2v) is 4.19. The van der Waals surface area contributed by atoms with Crippen molar-refractivity contribution in [3.8, 4) is 6.07 Å². The normalized spacial score (nSPS) is 11.2. The van der Waals surface area contributed by atoms with Gasteiger partial charge in [0.25, 0.3) is 0 Å². The minimum absolute atomic E-state index is 0.232. The van der Waals surface area contributed by atoms with Crippen LogP contribution in [0.15, 0.2) is 18.2 Å². The van der Waals surface area contributed by atoms with Gasteiger partial charge in [-0.15, -0.1) is 0 Å². The minimum atomic E-state index is -0.820. The van der Waals surface area contributed by atoms with Crippen LogP contribution in [0.3, 0.4) is 0 Å². The number of nitrogens with zero attached hydrogens (tertiary/aromatic N) is 1. The van der Waals surface area contributed by atoms with Gasteiger partial charge in [0.1, 0.15) is 5.82 Å². The molecule has 0 aliphatic heterocycles. The maximum Gasteiger partial charge on any atom is 0.124 e. The summed E-state index contributed by atoms with van der Waals surface area (Å²) in [5.41, 5.74) is 0.0187. The smallest absolute Gasteiger partial charge is 0.124 e. The van der Waals surface area contributed by atoms with Gasteiger partial charge >= 0.3 is 0 Å². The first-order chi connectivity index (χ1) is 8.03. The molecule has 1 aromatic carbocycles. The summed E-state index contributed by atoms with van der Waals surface area (Å²) < 4.78 is 13.1. The second-order valence-electron chi connectivity index (χ2n) is 4.19. The predicted octanol–water partition coefficient (Wildman–Crippen LogP) is 0.530. The summed E-state index contributed by atoms with van der Waals surface area (Å²) >= 11 is 0. The van der Waals surface area contributed by atoms with Crippen LogP contribution in [-0.2, 0) is 6.54 Å². The van der Waals surface area contributed by atoms with E-state index in [2.05, 4.69) is 5.32 Å². The van der Waals surface area contributed by atoms with Gasteiger partial charge in [-0.1, -0.05) is 0 Å². The summed E-state index contributed by atoms with van der Waals surface area (Å²) in [6.07, 6.45) is 0. The Kier molecular flexibility index (Phi) is 4.58. The van der Waals surface area contributed by atoms with Gasteiger partial charge < -0.3 is 15.5 Å². The molecule has 0 aromatic heterocycles. The largest absolute Gasteiger partial charge is 0.394 e. The third-order valence-electron chi connectivity index (χ3n) is 2.50. The second kappa shape index (κ2) is 5.73. The van der Waals surface area contributed by atoms with Crippen LogP contribution in [-0.4, -0.2) is 29.0 Å². The van der Waals surface area contributed by atoms with Crippen molar-refractivity contribution in [2.75, 3.05) is 13.2 Å². The highest BCUT2D eigenvalue weighted by Gasteiger charge is 2.21. The Hall–Kier alpha value is -1.48. The number of nitrogens with one attached hydrogen (secondary N) is 1.